The van der Waals surface area contributed by atoms with Crippen LogP contribution in [0.1, 0.15) is 207 Å². The maximum absolute atomic E-state index is 14.5. The molecule has 4 atom stereocenters. The molecule has 1 heterocycles. The molecule has 45 heavy (non-hydrogen) atoms. The molecule has 0 amide bonds. The van der Waals surface area contributed by atoms with Gasteiger partial charge < -0.3 is 14.2 Å². The Morgan fingerprint density at radius 1 is 0.467 bits per heavy atom. The molecule has 0 aromatic carbocycles. The first-order chi connectivity index (χ1) is 22.0. The molecule has 0 radical (unpaired) electrons. The summed E-state index contributed by atoms with van der Waals surface area (Å²) in [4.78, 5) is 28.9. The minimum Gasteiger partial charge on any atom is -0.465 e. The average Bonchev–Trinajstić information content (AvgIpc) is 3.80. The van der Waals surface area contributed by atoms with E-state index in [1.165, 1.54) is 103 Å². The molecule has 4 unspecified atom stereocenters. The summed E-state index contributed by atoms with van der Waals surface area (Å²) in [5.74, 6) is -0.276. The Bertz CT molecular complexity index is 706. The lowest BCUT2D eigenvalue weighted by atomic mass is 9.52. The fraction of sp³-hybridized carbons (Fsp3) is 0.950. The second kappa shape index (κ2) is 24.1. The summed E-state index contributed by atoms with van der Waals surface area (Å²) in [5, 5.41) is 0. The topological polar surface area (TPSA) is 65.1 Å². The predicted molar refractivity (Wildman–Crippen MR) is 187 cm³/mol. The van der Waals surface area contributed by atoms with Crippen LogP contribution in [0.4, 0.5) is 0 Å². The summed E-state index contributed by atoms with van der Waals surface area (Å²) in [7, 11) is 0. The van der Waals surface area contributed by atoms with Crippen molar-refractivity contribution in [2.45, 2.75) is 220 Å². The minimum absolute atomic E-state index is 0.0794. The number of epoxide rings is 1. The fourth-order valence-corrected chi connectivity index (χ4v) is 7.85. The van der Waals surface area contributed by atoms with E-state index in [4.69, 9.17) is 14.2 Å². The molecule has 0 aromatic rings. The van der Waals surface area contributed by atoms with Gasteiger partial charge in [0.15, 0.2) is 0 Å². The van der Waals surface area contributed by atoms with Crippen molar-refractivity contribution < 1.29 is 23.8 Å². The Hall–Kier alpha value is -1.10. The van der Waals surface area contributed by atoms with Crippen LogP contribution in [0.25, 0.3) is 0 Å². The lowest BCUT2D eigenvalue weighted by molar-refractivity contribution is -0.188. The van der Waals surface area contributed by atoms with Gasteiger partial charge in [0, 0.05) is 0 Å². The zero-order chi connectivity index (χ0) is 32.6. The molecule has 5 nitrogen and oxygen atoms in total. The van der Waals surface area contributed by atoms with Crippen LogP contribution in [0.2, 0.25) is 0 Å². The van der Waals surface area contributed by atoms with E-state index in [0.717, 1.165) is 51.4 Å². The number of hydrogen-bond donors (Lipinski definition) is 0. The van der Waals surface area contributed by atoms with Gasteiger partial charge in [0.05, 0.1) is 36.3 Å². The number of carbonyl (C=O) groups excluding carboxylic acids is 2. The van der Waals surface area contributed by atoms with Gasteiger partial charge in [-0.15, -0.1) is 0 Å². The number of unbranched alkanes of at least 4 members (excludes halogenated alkanes) is 20. The van der Waals surface area contributed by atoms with Gasteiger partial charge in [-0.2, -0.15) is 0 Å². The molecule has 1 saturated carbocycles. The van der Waals surface area contributed by atoms with Crippen molar-refractivity contribution in [2.75, 3.05) is 13.2 Å². The lowest BCUT2D eigenvalue weighted by Gasteiger charge is -2.49. The molecular weight excluding hydrogens is 560 g/mol. The van der Waals surface area contributed by atoms with Crippen LogP contribution in [0.15, 0.2) is 0 Å². The number of hydrogen-bond acceptors (Lipinski definition) is 5. The highest BCUT2D eigenvalue weighted by atomic mass is 16.6. The number of ether oxygens (including phenoxy) is 3. The van der Waals surface area contributed by atoms with Crippen molar-refractivity contribution in [1.29, 1.82) is 0 Å². The quantitative estimate of drug-likeness (QED) is 0.0447. The molecule has 1 aliphatic heterocycles. The van der Waals surface area contributed by atoms with E-state index in [9.17, 15) is 9.59 Å². The van der Waals surface area contributed by atoms with Crippen LogP contribution in [0, 0.1) is 10.8 Å². The van der Waals surface area contributed by atoms with Crippen LogP contribution >= 0.6 is 0 Å². The van der Waals surface area contributed by atoms with Crippen LogP contribution in [0.3, 0.4) is 0 Å². The first-order valence-electron chi connectivity index (χ1n) is 20.0. The molecule has 0 spiro atoms. The molecule has 0 aromatic heterocycles. The van der Waals surface area contributed by atoms with Crippen molar-refractivity contribution in [2.24, 2.45) is 10.8 Å². The molecular formula is C40H74O5. The molecule has 0 N–H and O–H groups in total. The zero-order valence-electron chi connectivity index (χ0n) is 30.4. The van der Waals surface area contributed by atoms with Gasteiger partial charge in [-0.3, -0.25) is 9.59 Å². The van der Waals surface area contributed by atoms with Gasteiger partial charge in [-0.25, -0.2) is 0 Å². The van der Waals surface area contributed by atoms with Gasteiger partial charge in [-0.1, -0.05) is 169 Å². The monoisotopic (exact) mass is 635 g/mol. The van der Waals surface area contributed by atoms with Gasteiger partial charge in [0.25, 0.3) is 0 Å². The number of fused-ring (bicyclic) bond motifs is 1. The van der Waals surface area contributed by atoms with E-state index in [1.807, 2.05) is 0 Å². The highest BCUT2D eigenvalue weighted by molar-refractivity contribution is 5.89. The molecule has 5 heteroatoms. The number of rotatable bonds is 30. The van der Waals surface area contributed by atoms with E-state index in [-0.39, 0.29) is 24.1 Å². The highest BCUT2D eigenvalue weighted by Gasteiger charge is 2.70. The summed E-state index contributed by atoms with van der Waals surface area (Å²) in [6.07, 6.45) is 30.6. The van der Waals surface area contributed by atoms with Crippen molar-refractivity contribution in [3.05, 3.63) is 0 Å². The summed E-state index contributed by atoms with van der Waals surface area (Å²) < 4.78 is 18.5. The SMILES string of the molecule is CCCCCCCCOC(=O)C1(CCCCCCCC)CC2OC2CC1(CCCCCCCC)C(=O)OCCCCCCCC. The first-order valence-corrected chi connectivity index (χ1v) is 20.0. The molecule has 2 rings (SSSR count). The molecule has 0 bridgehead atoms. The average molecular weight is 635 g/mol. The maximum Gasteiger partial charge on any atom is 0.313 e. The third-order valence-electron chi connectivity index (χ3n) is 10.9. The fourth-order valence-electron chi connectivity index (χ4n) is 7.85. The molecule has 1 aliphatic carbocycles. The van der Waals surface area contributed by atoms with Crippen molar-refractivity contribution >= 4 is 11.9 Å². The Morgan fingerprint density at radius 3 is 1.09 bits per heavy atom. The third-order valence-corrected chi connectivity index (χ3v) is 10.9. The minimum atomic E-state index is -0.848. The molecule has 2 aliphatic rings. The summed E-state index contributed by atoms with van der Waals surface area (Å²) in [6, 6.07) is 0. The van der Waals surface area contributed by atoms with Gasteiger partial charge in [0.1, 0.15) is 0 Å². The smallest absolute Gasteiger partial charge is 0.313 e. The van der Waals surface area contributed by atoms with E-state index < -0.39 is 10.8 Å². The number of carbonyl (C=O) groups is 2. The largest absolute Gasteiger partial charge is 0.465 e. The Kier molecular flexibility index (Phi) is 21.5. The number of esters is 2. The van der Waals surface area contributed by atoms with E-state index >= 15 is 0 Å². The Labute approximate surface area is 279 Å². The summed E-state index contributed by atoms with van der Waals surface area (Å²) >= 11 is 0. The van der Waals surface area contributed by atoms with Gasteiger partial charge >= 0.3 is 11.9 Å². The molecule has 1 saturated heterocycles. The standard InChI is InChI=1S/C40H74O5/c1-5-9-13-17-21-25-29-39(37(41)43-31-27-23-19-15-11-7-3)33-35-36(45-35)34-40(39,30-26-22-18-14-10-6-2)38(42)44-32-28-24-20-16-12-8-4/h35-36H,5-34H2,1-4H3. The molecule has 2 fully saturated rings. The Balaban J connectivity index is 2.24. The lowest BCUT2D eigenvalue weighted by Crippen LogP contribution is -2.57. The van der Waals surface area contributed by atoms with E-state index in [1.54, 1.807) is 0 Å². The van der Waals surface area contributed by atoms with Gasteiger partial charge in [0.2, 0.25) is 0 Å². The van der Waals surface area contributed by atoms with E-state index in [0.29, 0.717) is 38.9 Å². The first kappa shape index (κ1) is 40.1. The normalized spacial score (nSPS) is 23.9. The molecule has 264 valence electrons. The van der Waals surface area contributed by atoms with Crippen molar-refractivity contribution in [3.8, 4) is 0 Å². The van der Waals surface area contributed by atoms with Crippen LogP contribution in [-0.2, 0) is 23.8 Å². The maximum atomic E-state index is 14.5. The van der Waals surface area contributed by atoms with Crippen molar-refractivity contribution in [1.82, 2.24) is 0 Å². The summed E-state index contributed by atoms with van der Waals surface area (Å²) in [5.41, 5.74) is -1.70. The third kappa shape index (κ3) is 13.9. The van der Waals surface area contributed by atoms with Crippen molar-refractivity contribution in [3.63, 3.8) is 0 Å². The van der Waals surface area contributed by atoms with E-state index in [2.05, 4.69) is 27.7 Å². The van der Waals surface area contributed by atoms with Crippen LogP contribution in [-0.4, -0.2) is 37.4 Å². The van der Waals surface area contributed by atoms with Crippen LogP contribution < -0.4 is 0 Å². The highest BCUT2D eigenvalue weighted by Crippen LogP contribution is 2.62. The second-order valence-electron chi connectivity index (χ2n) is 14.6. The zero-order valence-corrected chi connectivity index (χ0v) is 30.4. The summed E-state index contributed by atoms with van der Waals surface area (Å²) in [6.45, 7) is 9.88. The van der Waals surface area contributed by atoms with Crippen LogP contribution in [0.5, 0.6) is 0 Å². The van der Waals surface area contributed by atoms with Gasteiger partial charge in [-0.05, 0) is 38.5 Å². The second-order valence-corrected chi connectivity index (χ2v) is 14.6. The predicted octanol–water partition coefficient (Wildman–Crippen LogP) is 11.8. The Morgan fingerprint density at radius 2 is 0.756 bits per heavy atom.